The number of fused-ring (bicyclic) bond motifs is 6. The van der Waals surface area contributed by atoms with Crippen molar-refractivity contribution < 1.29 is 23.7 Å². The second-order valence-corrected chi connectivity index (χ2v) is 14.6. The highest BCUT2D eigenvalue weighted by atomic mass is 16.5. The Kier molecular flexibility index (Phi) is 11.6. The van der Waals surface area contributed by atoms with Gasteiger partial charge in [0.1, 0.15) is 22.1 Å². The smallest absolute Gasteiger partial charge is 0.338 e. The van der Waals surface area contributed by atoms with Gasteiger partial charge in [0, 0.05) is 73.5 Å². The number of esters is 1. The van der Waals surface area contributed by atoms with Gasteiger partial charge in [-0.1, -0.05) is 36.4 Å². The second kappa shape index (κ2) is 17.8. The number of carbonyl (C=O) groups is 1. The van der Waals surface area contributed by atoms with Crippen molar-refractivity contribution in [2.75, 3.05) is 82.1 Å². The molecule has 0 bridgehead atoms. The molecule has 2 aliphatic rings. The van der Waals surface area contributed by atoms with Crippen LogP contribution in [-0.2, 0) is 9.47 Å². The molecular formula is C46H48N10O5. The number of morpholine rings is 1. The van der Waals surface area contributed by atoms with Crippen molar-refractivity contribution in [1.29, 1.82) is 0 Å². The van der Waals surface area contributed by atoms with Crippen LogP contribution in [-0.4, -0.2) is 113 Å². The lowest BCUT2D eigenvalue weighted by molar-refractivity contribution is 0.0526. The van der Waals surface area contributed by atoms with Crippen molar-refractivity contribution in [2.45, 2.75) is 20.8 Å². The number of aromatic amines is 2. The summed E-state index contributed by atoms with van der Waals surface area (Å²) < 4.78 is 22.3. The van der Waals surface area contributed by atoms with E-state index in [4.69, 9.17) is 33.9 Å². The quantitative estimate of drug-likeness (QED) is 0.119. The molecule has 0 atom stereocenters. The number of hydrogen-bond acceptors (Lipinski definition) is 13. The van der Waals surface area contributed by atoms with Gasteiger partial charge in [-0.3, -0.25) is 4.98 Å². The molecule has 0 radical (unpaired) electrons. The molecule has 2 aliphatic heterocycles. The van der Waals surface area contributed by atoms with Gasteiger partial charge in [-0.15, -0.1) is 0 Å². The zero-order chi connectivity index (χ0) is 41.7. The first-order chi connectivity index (χ1) is 30.0. The van der Waals surface area contributed by atoms with Crippen LogP contribution in [0.25, 0.3) is 66.1 Å². The minimum atomic E-state index is -0.308. The monoisotopic (exact) mass is 820 g/mol. The highest BCUT2D eigenvalue weighted by Crippen LogP contribution is 2.35. The molecule has 0 spiro atoms. The van der Waals surface area contributed by atoms with Crippen molar-refractivity contribution in [1.82, 2.24) is 40.2 Å². The van der Waals surface area contributed by atoms with Crippen LogP contribution in [0.3, 0.4) is 0 Å². The standard InChI is InChI=1S/C25H27N5O3.C21H21N5O2/c1-3-32-23-22-21(28-25(29-23)30-13-11-26-12-14-30)19-10-9-18(15-20(19)27-22)16-5-7-17(8-6-16)24(31)33-4-2;1-2-28-20-19-18(24-21(25-20)26-9-11-27-12-10-26)16-4-3-15(13-17(16)23-19)14-5-7-22-8-6-14/h5-10,15,26-27H,3-4,11-14H2,1-2H3;3-8,13,23H,2,9-12H2,1H3. The van der Waals surface area contributed by atoms with Crippen LogP contribution in [0.15, 0.2) is 85.2 Å². The van der Waals surface area contributed by atoms with Crippen molar-refractivity contribution in [3.05, 3.63) is 90.8 Å². The van der Waals surface area contributed by atoms with Crippen LogP contribution >= 0.6 is 0 Å². The van der Waals surface area contributed by atoms with Gasteiger partial charge < -0.3 is 44.0 Å². The summed E-state index contributed by atoms with van der Waals surface area (Å²) in [6.07, 6.45) is 3.61. The van der Waals surface area contributed by atoms with Gasteiger partial charge in [-0.05, 0) is 79.4 Å². The number of carbonyl (C=O) groups excluding carboxylic acids is 1. The first-order valence-electron chi connectivity index (χ1n) is 20.9. The molecule has 0 amide bonds. The van der Waals surface area contributed by atoms with Gasteiger partial charge in [-0.25, -0.2) is 14.8 Å². The number of rotatable bonds is 10. The average Bonchev–Trinajstić information content (AvgIpc) is 3.88. The maximum Gasteiger partial charge on any atom is 0.338 e. The Labute approximate surface area is 352 Å². The van der Waals surface area contributed by atoms with Crippen LogP contribution in [0, 0.1) is 0 Å². The highest BCUT2D eigenvalue weighted by molar-refractivity contribution is 6.09. The lowest BCUT2D eigenvalue weighted by Crippen LogP contribution is -2.44. The van der Waals surface area contributed by atoms with Gasteiger partial charge in [-0.2, -0.15) is 9.97 Å². The number of hydrogen-bond donors (Lipinski definition) is 3. The van der Waals surface area contributed by atoms with Gasteiger partial charge in [0.2, 0.25) is 23.7 Å². The van der Waals surface area contributed by atoms with E-state index >= 15 is 0 Å². The third kappa shape index (κ3) is 8.21. The van der Waals surface area contributed by atoms with E-state index in [1.54, 1.807) is 31.5 Å². The van der Waals surface area contributed by atoms with E-state index in [0.717, 1.165) is 105 Å². The number of anilines is 2. The molecule has 8 aromatic rings. The fourth-order valence-corrected chi connectivity index (χ4v) is 7.76. The normalized spacial score (nSPS) is 14.3. The number of nitrogens with zero attached hydrogens (tertiary/aromatic N) is 7. The van der Waals surface area contributed by atoms with Gasteiger partial charge in [0.15, 0.2) is 0 Å². The number of nitrogens with one attached hydrogen (secondary N) is 3. The molecule has 3 N–H and O–H groups in total. The van der Waals surface area contributed by atoms with E-state index in [0.29, 0.717) is 62.3 Å². The maximum absolute atomic E-state index is 11.9. The van der Waals surface area contributed by atoms with E-state index in [1.807, 2.05) is 38.1 Å². The molecule has 0 saturated carbocycles. The number of ether oxygens (including phenoxy) is 4. The number of aromatic nitrogens is 7. The van der Waals surface area contributed by atoms with E-state index in [-0.39, 0.29) is 5.97 Å². The summed E-state index contributed by atoms with van der Waals surface area (Å²) >= 11 is 0. The molecule has 0 unspecified atom stereocenters. The molecule has 61 heavy (non-hydrogen) atoms. The van der Waals surface area contributed by atoms with Crippen molar-refractivity contribution in [3.8, 4) is 34.0 Å². The van der Waals surface area contributed by atoms with Gasteiger partial charge >= 0.3 is 5.97 Å². The first-order valence-corrected chi connectivity index (χ1v) is 20.9. The zero-order valence-electron chi connectivity index (χ0n) is 34.5. The molecule has 0 aliphatic carbocycles. The lowest BCUT2D eigenvalue weighted by atomic mass is 10.0. The fraction of sp³-hybridized carbons (Fsp3) is 0.304. The third-order valence-electron chi connectivity index (χ3n) is 10.8. The molecule has 10 rings (SSSR count). The summed E-state index contributed by atoms with van der Waals surface area (Å²) in [4.78, 5) is 46.5. The molecule has 312 valence electrons. The fourth-order valence-electron chi connectivity index (χ4n) is 7.76. The minimum absolute atomic E-state index is 0.308. The Hall–Kier alpha value is -6.84. The van der Waals surface area contributed by atoms with Gasteiger partial charge in [0.05, 0.1) is 38.6 Å². The molecular weight excluding hydrogens is 773 g/mol. The number of piperazine rings is 1. The van der Waals surface area contributed by atoms with E-state index in [2.05, 4.69) is 71.5 Å². The predicted molar refractivity (Wildman–Crippen MR) is 238 cm³/mol. The summed E-state index contributed by atoms with van der Waals surface area (Å²) in [6.45, 7) is 13.7. The Bertz CT molecular complexity index is 2800. The molecule has 5 aromatic heterocycles. The second-order valence-electron chi connectivity index (χ2n) is 14.6. The van der Waals surface area contributed by atoms with Crippen LogP contribution in [0.4, 0.5) is 11.9 Å². The predicted octanol–water partition coefficient (Wildman–Crippen LogP) is 7.17. The summed E-state index contributed by atoms with van der Waals surface area (Å²) in [5.41, 5.74) is 10.2. The highest BCUT2D eigenvalue weighted by Gasteiger charge is 2.22. The molecule has 2 fully saturated rings. The van der Waals surface area contributed by atoms with E-state index in [9.17, 15) is 4.79 Å². The Balaban J connectivity index is 0.000000158. The van der Waals surface area contributed by atoms with Gasteiger partial charge in [0.25, 0.3) is 0 Å². The summed E-state index contributed by atoms with van der Waals surface area (Å²) in [6, 6.07) is 24.1. The van der Waals surface area contributed by atoms with E-state index in [1.165, 1.54) is 0 Å². The SMILES string of the molecule is CCOC(=O)c1ccc(-c2ccc3c(c2)[nH]c2c(OCC)nc(N4CCNCC4)nc23)cc1.CCOc1nc(N2CCOCC2)nc2c1[nH]c1cc(-c3ccncc3)ccc12. The average molecular weight is 821 g/mol. The Morgan fingerprint density at radius 3 is 1.66 bits per heavy atom. The number of pyridine rings is 1. The van der Waals surface area contributed by atoms with Crippen molar-refractivity contribution in [2.24, 2.45) is 0 Å². The van der Waals surface area contributed by atoms with Crippen LogP contribution in [0.5, 0.6) is 11.8 Å². The van der Waals surface area contributed by atoms with E-state index < -0.39 is 0 Å². The first kappa shape index (κ1) is 39.6. The third-order valence-corrected chi connectivity index (χ3v) is 10.8. The Morgan fingerprint density at radius 1 is 0.623 bits per heavy atom. The Morgan fingerprint density at radius 2 is 1.13 bits per heavy atom. The molecule has 7 heterocycles. The number of H-pyrrole nitrogens is 2. The topological polar surface area (TPSA) is 169 Å². The molecule has 3 aromatic carbocycles. The number of benzene rings is 3. The molecule has 2 saturated heterocycles. The molecule has 15 heteroatoms. The lowest BCUT2D eigenvalue weighted by Gasteiger charge is -2.27. The minimum Gasteiger partial charge on any atom is -0.476 e. The van der Waals surface area contributed by atoms with Crippen LogP contribution in [0.1, 0.15) is 31.1 Å². The summed E-state index contributed by atoms with van der Waals surface area (Å²) in [5.74, 6) is 2.26. The summed E-state index contributed by atoms with van der Waals surface area (Å²) in [5, 5.41) is 5.45. The van der Waals surface area contributed by atoms with Crippen LogP contribution < -0.4 is 24.6 Å². The maximum atomic E-state index is 11.9. The van der Waals surface area contributed by atoms with Crippen molar-refractivity contribution in [3.63, 3.8) is 0 Å². The van der Waals surface area contributed by atoms with Crippen molar-refractivity contribution >= 4 is 61.7 Å². The summed E-state index contributed by atoms with van der Waals surface area (Å²) in [7, 11) is 0. The largest absolute Gasteiger partial charge is 0.476 e. The van der Waals surface area contributed by atoms with Crippen LogP contribution in [0.2, 0.25) is 0 Å². The zero-order valence-corrected chi connectivity index (χ0v) is 34.5. The molecule has 15 nitrogen and oxygen atoms in total.